The van der Waals surface area contributed by atoms with Crippen LogP contribution in [0.3, 0.4) is 0 Å². The van der Waals surface area contributed by atoms with Crippen LogP contribution in [0, 0.1) is 5.92 Å². The minimum atomic E-state index is -3.66. The molecule has 0 saturated heterocycles. The van der Waals surface area contributed by atoms with Crippen LogP contribution in [0.2, 0.25) is 0 Å². The summed E-state index contributed by atoms with van der Waals surface area (Å²) in [6.45, 7) is 3.45. The summed E-state index contributed by atoms with van der Waals surface area (Å²) in [4.78, 5) is 26.4. The van der Waals surface area contributed by atoms with Gasteiger partial charge in [0.2, 0.25) is 15.9 Å². The molecule has 0 saturated carbocycles. The van der Waals surface area contributed by atoms with Crippen molar-refractivity contribution < 1.29 is 18.0 Å². The van der Waals surface area contributed by atoms with Gasteiger partial charge in [-0.2, -0.15) is 0 Å². The first-order chi connectivity index (χ1) is 11.2. The minimum Gasteiger partial charge on any atom is -0.274 e. The van der Waals surface area contributed by atoms with Gasteiger partial charge >= 0.3 is 0 Å². The molecular weight excluding hydrogens is 328 g/mol. The van der Waals surface area contributed by atoms with Crippen molar-refractivity contribution in [2.24, 2.45) is 5.92 Å². The molecule has 24 heavy (non-hydrogen) atoms. The first-order valence-corrected chi connectivity index (χ1v) is 8.98. The van der Waals surface area contributed by atoms with Crippen molar-refractivity contribution in [3.8, 4) is 0 Å². The van der Waals surface area contributed by atoms with E-state index in [-0.39, 0.29) is 16.7 Å². The Labute approximate surface area is 140 Å². The van der Waals surface area contributed by atoms with Gasteiger partial charge in [-0.3, -0.25) is 9.59 Å². The van der Waals surface area contributed by atoms with Gasteiger partial charge in [0.25, 0.3) is 5.91 Å². The Morgan fingerprint density at radius 2 is 1.79 bits per heavy atom. The second kappa shape index (κ2) is 5.39. The highest BCUT2D eigenvalue weighted by atomic mass is 32.2. The third-order valence-electron chi connectivity index (χ3n) is 4.13. The summed E-state index contributed by atoms with van der Waals surface area (Å²) >= 11 is 0. The molecule has 0 aliphatic carbocycles. The molecule has 0 N–H and O–H groups in total. The molecule has 2 aromatic carbocycles. The van der Waals surface area contributed by atoms with Crippen LogP contribution in [0.25, 0.3) is 10.8 Å². The number of hydrogen-bond acceptors (Lipinski definition) is 4. The first-order valence-electron chi connectivity index (χ1n) is 7.54. The van der Waals surface area contributed by atoms with Crippen molar-refractivity contribution in [3.05, 3.63) is 35.9 Å². The number of rotatable bonds is 3. The molecule has 0 fully saturated rings. The molecule has 2 aromatic rings. The van der Waals surface area contributed by atoms with Gasteiger partial charge in [0.1, 0.15) is 0 Å². The van der Waals surface area contributed by atoms with E-state index in [9.17, 15) is 18.0 Å². The van der Waals surface area contributed by atoms with Crippen LogP contribution < -0.4 is 4.90 Å². The van der Waals surface area contributed by atoms with Crippen LogP contribution in [-0.2, 0) is 14.8 Å². The van der Waals surface area contributed by atoms with E-state index < -0.39 is 15.9 Å². The highest BCUT2D eigenvalue weighted by Gasteiger charge is 2.36. The maximum Gasteiger partial charge on any atom is 0.265 e. The normalized spacial score (nSPS) is 14.2. The third-order valence-corrected chi connectivity index (χ3v) is 6.00. The molecule has 126 valence electrons. The lowest BCUT2D eigenvalue weighted by molar-refractivity contribution is -0.120. The minimum absolute atomic E-state index is 0.125. The fraction of sp³-hybridized carbons (Fsp3) is 0.294. The van der Waals surface area contributed by atoms with E-state index >= 15 is 0 Å². The molecule has 6 nitrogen and oxygen atoms in total. The van der Waals surface area contributed by atoms with Gasteiger partial charge < -0.3 is 0 Å². The molecule has 2 amide bonds. The van der Waals surface area contributed by atoms with Gasteiger partial charge in [0.05, 0.1) is 16.1 Å². The summed E-state index contributed by atoms with van der Waals surface area (Å²) in [5.41, 5.74) is 0.800. The average Bonchev–Trinajstić information content (AvgIpc) is 2.81. The topological polar surface area (TPSA) is 74.8 Å². The zero-order chi connectivity index (χ0) is 17.8. The van der Waals surface area contributed by atoms with Crippen molar-refractivity contribution in [2.45, 2.75) is 18.7 Å². The van der Waals surface area contributed by atoms with Crippen molar-refractivity contribution in [1.82, 2.24) is 4.31 Å². The number of anilines is 1. The van der Waals surface area contributed by atoms with E-state index in [0.29, 0.717) is 22.0 Å². The highest BCUT2D eigenvalue weighted by Crippen LogP contribution is 2.41. The largest absolute Gasteiger partial charge is 0.274 e. The zero-order valence-electron chi connectivity index (χ0n) is 13.9. The summed E-state index contributed by atoms with van der Waals surface area (Å²) in [7, 11) is -0.749. The summed E-state index contributed by atoms with van der Waals surface area (Å²) in [6.07, 6.45) is 0. The van der Waals surface area contributed by atoms with Gasteiger partial charge in [0, 0.05) is 30.8 Å². The molecule has 0 radical (unpaired) electrons. The number of imide groups is 1. The molecule has 7 heteroatoms. The Balaban J connectivity index is 2.35. The first kappa shape index (κ1) is 16.6. The molecule has 1 aliphatic heterocycles. The van der Waals surface area contributed by atoms with E-state index in [1.807, 2.05) is 0 Å². The van der Waals surface area contributed by atoms with Crippen molar-refractivity contribution in [1.29, 1.82) is 0 Å². The maximum atomic E-state index is 12.7. The number of amides is 2. The second-order valence-corrected chi connectivity index (χ2v) is 8.35. The Kier molecular flexibility index (Phi) is 3.73. The number of benzene rings is 2. The van der Waals surface area contributed by atoms with E-state index in [0.717, 1.165) is 9.21 Å². The van der Waals surface area contributed by atoms with Crippen LogP contribution >= 0.6 is 0 Å². The molecule has 0 unspecified atom stereocenters. The Hall–Kier alpha value is -2.25. The van der Waals surface area contributed by atoms with Gasteiger partial charge in [-0.1, -0.05) is 26.0 Å². The number of carbonyl (C=O) groups excluding carboxylic acids is 2. The van der Waals surface area contributed by atoms with Gasteiger partial charge in [-0.15, -0.1) is 0 Å². The smallest absolute Gasteiger partial charge is 0.265 e. The molecular formula is C17H18N2O4S. The SMILES string of the molecule is CC(C)C(=O)N1C(=O)c2cccc3c(S(=O)(=O)N(C)C)ccc1c23. The van der Waals surface area contributed by atoms with Crippen molar-refractivity contribution >= 4 is 38.3 Å². The molecule has 0 bridgehead atoms. The molecule has 0 aromatic heterocycles. The molecule has 0 atom stereocenters. The number of hydrogen-bond donors (Lipinski definition) is 0. The Morgan fingerprint density at radius 3 is 2.38 bits per heavy atom. The van der Waals surface area contributed by atoms with Crippen LogP contribution in [-0.4, -0.2) is 38.6 Å². The predicted octanol–water partition coefficient (Wildman–Crippen LogP) is 2.23. The number of carbonyl (C=O) groups is 2. The summed E-state index contributed by atoms with van der Waals surface area (Å²) < 4.78 is 26.2. The van der Waals surface area contributed by atoms with E-state index in [1.165, 1.54) is 26.2 Å². The maximum absolute atomic E-state index is 12.7. The van der Waals surface area contributed by atoms with E-state index in [1.54, 1.807) is 32.0 Å². The van der Waals surface area contributed by atoms with Gasteiger partial charge in [0.15, 0.2) is 0 Å². The lowest BCUT2D eigenvalue weighted by Gasteiger charge is -2.19. The summed E-state index contributed by atoms with van der Waals surface area (Å²) in [5.74, 6) is -1.06. The molecule has 3 rings (SSSR count). The van der Waals surface area contributed by atoms with Crippen LogP contribution in [0.5, 0.6) is 0 Å². The lowest BCUT2D eigenvalue weighted by atomic mass is 10.1. The monoisotopic (exact) mass is 346 g/mol. The fourth-order valence-electron chi connectivity index (χ4n) is 2.85. The van der Waals surface area contributed by atoms with E-state index in [2.05, 4.69) is 0 Å². The summed E-state index contributed by atoms with van der Waals surface area (Å²) in [6, 6.07) is 7.91. The average molecular weight is 346 g/mol. The van der Waals surface area contributed by atoms with Gasteiger partial charge in [-0.05, 0) is 18.2 Å². The predicted molar refractivity (Wildman–Crippen MR) is 91.5 cm³/mol. The molecule has 1 aliphatic rings. The van der Waals surface area contributed by atoms with Crippen molar-refractivity contribution in [3.63, 3.8) is 0 Å². The quantitative estimate of drug-likeness (QED) is 0.854. The summed E-state index contributed by atoms with van der Waals surface area (Å²) in [5, 5.41) is 0.963. The zero-order valence-corrected chi connectivity index (χ0v) is 14.7. The Morgan fingerprint density at radius 1 is 1.12 bits per heavy atom. The number of sulfonamides is 1. The number of nitrogens with zero attached hydrogens (tertiary/aromatic N) is 2. The fourth-order valence-corrected chi connectivity index (χ4v) is 3.94. The third kappa shape index (κ3) is 2.16. The molecule has 0 spiro atoms. The Bertz CT molecular complexity index is 977. The highest BCUT2D eigenvalue weighted by molar-refractivity contribution is 7.89. The standard InChI is InChI=1S/C17H18N2O4S/c1-10(2)16(20)19-13-8-9-14(24(22,23)18(3)4)11-6-5-7-12(15(11)13)17(19)21/h5-10H,1-4H3. The second-order valence-electron chi connectivity index (χ2n) is 6.23. The lowest BCUT2D eigenvalue weighted by Crippen LogP contribution is -2.36. The van der Waals surface area contributed by atoms with Gasteiger partial charge in [-0.25, -0.2) is 17.6 Å². The van der Waals surface area contributed by atoms with Crippen LogP contribution in [0.4, 0.5) is 5.69 Å². The van der Waals surface area contributed by atoms with E-state index in [4.69, 9.17) is 0 Å². The van der Waals surface area contributed by atoms with Crippen molar-refractivity contribution in [2.75, 3.05) is 19.0 Å². The van der Waals surface area contributed by atoms with Crippen LogP contribution in [0.15, 0.2) is 35.2 Å². The molecule has 1 heterocycles. The van der Waals surface area contributed by atoms with Crippen LogP contribution in [0.1, 0.15) is 24.2 Å².